The van der Waals surface area contributed by atoms with Gasteiger partial charge in [-0.05, 0) is 36.6 Å². The molecule has 1 atom stereocenters. The van der Waals surface area contributed by atoms with Crippen molar-refractivity contribution in [2.45, 2.75) is 25.8 Å². The second-order valence-corrected chi connectivity index (χ2v) is 7.10. The first-order valence-electron chi connectivity index (χ1n) is 9.15. The van der Waals surface area contributed by atoms with E-state index in [1.807, 2.05) is 0 Å². The van der Waals surface area contributed by atoms with Gasteiger partial charge in [0.05, 0.1) is 20.3 Å². The van der Waals surface area contributed by atoms with Crippen molar-refractivity contribution in [3.05, 3.63) is 40.0 Å². The number of hydrogen-bond acceptors (Lipinski definition) is 10. The van der Waals surface area contributed by atoms with Crippen LogP contribution in [0.2, 0.25) is 0 Å². The van der Waals surface area contributed by atoms with Gasteiger partial charge in [-0.2, -0.15) is 0 Å². The molecule has 0 aliphatic rings. The lowest BCUT2D eigenvalue weighted by atomic mass is 10.2. The summed E-state index contributed by atoms with van der Waals surface area (Å²) >= 11 is 0.821. The van der Waals surface area contributed by atoms with Crippen molar-refractivity contribution in [2.24, 2.45) is 0 Å². The number of thioether (sulfide) groups is 1. The van der Waals surface area contributed by atoms with Crippen molar-refractivity contribution in [1.82, 2.24) is 5.32 Å². The fourth-order valence-corrected chi connectivity index (χ4v) is 2.92. The number of amides is 1. The maximum absolute atomic E-state index is 12.2. The summed E-state index contributed by atoms with van der Waals surface area (Å²) in [5, 5.41) is 20.8. The molecule has 1 aromatic rings. The van der Waals surface area contributed by atoms with Gasteiger partial charge >= 0.3 is 5.97 Å². The van der Waals surface area contributed by atoms with Crippen LogP contribution >= 0.6 is 11.8 Å². The number of phenolic OH excluding ortho intramolecular Hbond substituents is 1. The fourth-order valence-electron chi connectivity index (χ4n) is 2.21. The Bertz CT molecular complexity index is 814. The first-order chi connectivity index (χ1) is 14.7. The number of nitrogens with one attached hydrogen (secondary N) is 1. The molecule has 0 aliphatic carbocycles. The zero-order chi connectivity index (χ0) is 23.2. The Balaban J connectivity index is 2.51. The molecular formula is C19H24N2O9S. The number of unbranched alkanes of at least 4 members (excludes halogenated alkanes) is 1. The third kappa shape index (κ3) is 10.9. The van der Waals surface area contributed by atoms with Gasteiger partial charge in [-0.25, -0.2) is 4.79 Å². The molecule has 1 amide bonds. The molecule has 170 valence electrons. The van der Waals surface area contributed by atoms with E-state index < -0.39 is 23.0 Å². The highest BCUT2D eigenvalue weighted by molar-refractivity contribution is 8.14. The van der Waals surface area contributed by atoms with E-state index in [4.69, 9.17) is 9.47 Å². The highest BCUT2D eigenvalue weighted by Crippen LogP contribution is 2.26. The molecule has 0 saturated heterocycles. The first-order valence-corrected chi connectivity index (χ1v) is 10.1. The number of aromatic hydroxyl groups is 1. The van der Waals surface area contributed by atoms with Crippen LogP contribution < -0.4 is 10.1 Å². The Kier molecular flexibility index (Phi) is 11.5. The maximum Gasteiger partial charge on any atom is 0.329 e. The molecule has 0 fully saturated rings. The van der Waals surface area contributed by atoms with Gasteiger partial charge in [0.2, 0.25) is 11.0 Å². The van der Waals surface area contributed by atoms with Crippen LogP contribution in [0, 0.1) is 10.1 Å². The monoisotopic (exact) mass is 456 g/mol. The summed E-state index contributed by atoms with van der Waals surface area (Å²) in [6, 6.07) is 3.56. The Morgan fingerprint density at radius 2 is 2.00 bits per heavy atom. The summed E-state index contributed by atoms with van der Waals surface area (Å²) in [7, 11) is 1.41. The van der Waals surface area contributed by atoms with Crippen LogP contribution in [-0.2, 0) is 24.0 Å². The number of carbonyl (C=O) groups is 3. The largest absolute Gasteiger partial charge is 0.504 e. The summed E-state index contributed by atoms with van der Waals surface area (Å²) in [6.07, 6.45) is 3.48. The number of ether oxygens (including phenoxy) is 2. The van der Waals surface area contributed by atoms with E-state index in [1.165, 1.54) is 32.3 Å². The van der Waals surface area contributed by atoms with Gasteiger partial charge in [-0.1, -0.05) is 23.9 Å². The lowest BCUT2D eigenvalue weighted by Gasteiger charge is -2.15. The highest BCUT2D eigenvalue weighted by Gasteiger charge is 2.22. The molecular weight excluding hydrogens is 432 g/mol. The van der Waals surface area contributed by atoms with Crippen molar-refractivity contribution in [2.75, 3.05) is 26.1 Å². The predicted molar refractivity (Wildman–Crippen MR) is 112 cm³/mol. The van der Waals surface area contributed by atoms with Crippen LogP contribution in [0.3, 0.4) is 0 Å². The summed E-state index contributed by atoms with van der Waals surface area (Å²) < 4.78 is 10.0. The third-order valence-electron chi connectivity index (χ3n) is 3.65. The quantitative estimate of drug-likeness (QED) is 0.147. The minimum absolute atomic E-state index is 0.00278. The Labute approximate surface area is 182 Å². The number of nitrogens with zero attached hydrogens (tertiary/aromatic N) is 1. The van der Waals surface area contributed by atoms with Gasteiger partial charge in [-0.3, -0.25) is 9.59 Å². The van der Waals surface area contributed by atoms with Gasteiger partial charge in [-0.15, -0.1) is 10.1 Å². The number of esters is 1. The normalized spacial score (nSPS) is 11.5. The molecule has 12 heteroatoms. The van der Waals surface area contributed by atoms with Gasteiger partial charge in [0.25, 0.3) is 5.09 Å². The summed E-state index contributed by atoms with van der Waals surface area (Å²) in [5.74, 6) is -0.965. The van der Waals surface area contributed by atoms with Gasteiger partial charge < -0.3 is 24.7 Å². The van der Waals surface area contributed by atoms with Crippen LogP contribution in [0.15, 0.2) is 24.3 Å². The third-order valence-corrected chi connectivity index (χ3v) is 4.57. The molecule has 0 radical (unpaired) electrons. The van der Waals surface area contributed by atoms with Crippen molar-refractivity contribution in [1.29, 1.82) is 0 Å². The number of carbonyl (C=O) groups excluding carboxylic acids is 3. The molecule has 1 aromatic carbocycles. The summed E-state index contributed by atoms with van der Waals surface area (Å²) in [4.78, 5) is 49.8. The molecule has 0 spiro atoms. The Morgan fingerprint density at radius 1 is 1.29 bits per heavy atom. The lowest BCUT2D eigenvalue weighted by Crippen LogP contribution is -2.43. The first kappa shape index (κ1) is 25.8. The molecule has 11 nitrogen and oxygen atoms in total. The second kappa shape index (κ2) is 13.9. The zero-order valence-electron chi connectivity index (χ0n) is 17.1. The van der Waals surface area contributed by atoms with E-state index in [0.717, 1.165) is 11.8 Å². The Hall–Kier alpha value is -3.28. The van der Waals surface area contributed by atoms with Crippen LogP contribution in [-0.4, -0.2) is 59.3 Å². The molecule has 31 heavy (non-hydrogen) atoms. The standard InChI is InChI=1S/C19H24N2O9S/c1-13(22)20-15(19(25)29-9-3-4-10-30-21(26)27)12-31-18(24)8-6-14-5-7-16(23)17(11-14)28-2/h5-8,11,15,23H,3-4,9-10,12H2,1-2H3,(H,20,22)/b8-6+. The predicted octanol–water partition coefficient (Wildman–Crippen LogP) is 1.71. The van der Waals surface area contributed by atoms with Crippen LogP contribution in [0.5, 0.6) is 11.5 Å². The molecule has 0 bridgehead atoms. The van der Waals surface area contributed by atoms with E-state index in [-0.39, 0.29) is 35.6 Å². The van der Waals surface area contributed by atoms with Crippen molar-refractivity contribution in [3.8, 4) is 11.5 Å². The van der Waals surface area contributed by atoms with E-state index in [1.54, 1.807) is 12.1 Å². The number of hydrogen-bond donors (Lipinski definition) is 2. The Morgan fingerprint density at radius 3 is 2.65 bits per heavy atom. The van der Waals surface area contributed by atoms with E-state index in [0.29, 0.717) is 18.4 Å². The molecule has 1 rings (SSSR count). The molecule has 0 heterocycles. The maximum atomic E-state index is 12.2. The minimum atomic E-state index is -1.02. The number of methoxy groups -OCH3 is 1. The van der Waals surface area contributed by atoms with Gasteiger partial charge in [0.15, 0.2) is 11.5 Å². The van der Waals surface area contributed by atoms with E-state index in [2.05, 4.69) is 10.2 Å². The summed E-state index contributed by atoms with van der Waals surface area (Å²) in [6.45, 7) is 1.13. The van der Waals surface area contributed by atoms with Gasteiger partial charge in [0.1, 0.15) is 6.04 Å². The highest BCUT2D eigenvalue weighted by atomic mass is 32.2. The zero-order valence-corrected chi connectivity index (χ0v) is 17.9. The molecule has 0 aliphatic heterocycles. The van der Waals surface area contributed by atoms with Crippen molar-refractivity contribution < 1.29 is 38.9 Å². The van der Waals surface area contributed by atoms with Crippen LogP contribution in [0.25, 0.3) is 6.08 Å². The van der Waals surface area contributed by atoms with Crippen molar-refractivity contribution in [3.63, 3.8) is 0 Å². The average Bonchev–Trinajstić information content (AvgIpc) is 2.72. The lowest BCUT2D eigenvalue weighted by molar-refractivity contribution is -0.757. The number of benzene rings is 1. The second-order valence-electron chi connectivity index (χ2n) is 6.08. The molecule has 2 N–H and O–H groups in total. The van der Waals surface area contributed by atoms with Crippen LogP contribution in [0.4, 0.5) is 0 Å². The minimum Gasteiger partial charge on any atom is -0.504 e. The van der Waals surface area contributed by atoms with E-state index >= 15 is 0 Å². The number of phenols is 1. The SMILES string of the molecule is COc1cc(/C=C/C(=O)SCC(NC(C)=O)C(=O)OCCCCO[N+](=O)[O-])ccc1O. The van der Waals surface area contributed by atoms with Gasteiger partial charge in [0, 0.05) is 12.7 Å². The average molecular weight is 456 g/mol. The van der Waals surface area contributed by atoms with Crippen LogP contribution in [0.1, 0.15) is 25.3 Å². The number of rotatable bonds is 13. The smallest absolute Gasteiger partial charge is 0.329 e. The fraction of sp³-hybridized carbons (Fsp3) is 0.421. The summed E-state index contributed by atoms with van der Waals surface area (Å²) in [5.41, 5.74) is 0.627. The van der Waals surface area contributed by atoms with E-state index in [9.17, 15) is 29.6 Å². The topological polar surface area (TPSA) is 154 Å². The van der Waals surface area contributed by atoms with Crippen molar-refractivity contribution >= 4 is 34.8 Å². The molecule has 0 aromatic heterocycles. The molecule has 0 saturated carbocycles. The molecule has 1 unspecified atom stereocenters.